The minimum atomic E-state index is -0.385. The Balaban J connectivity index is 2.17. The Morgan fingerprint density at radius 2 is 1.95 bits per heavy atom. The van der Waals surface area contributed by atoms with Crippen LogP contribution in [0.5, 0.6) is 5.75 Å². The Kier molecular flexibility index (Phi) is 4.73. The van der Waals surface area contributed by atoms with Gasteiger partial charge in [-0.1, -0.05) is 12.1 Å². The molecule has 0 aliphatic carbocycles. The highest BCUT2D eigenvalue weighted by atomic mass is 79.9. The molecule has 0 saturated carbocycles. The molecule has 1 unspecified atom stereocenters. The third kappa shape index (κ3) is 3.55. The molecule has 0 fully saturated rings. The van der Waals surface area contributed by atoms with Crippen molar-refractivity contribution in [3.8, 4) is 5.75 Å². The van der Waals surface area contributed by atoms with Gasteiger partial charge in [0, 0.05) is 17.7 Å². The maximum absolute atomic E-state index is 13.3. The van der Waals surface area contributed by atoms with E-state index in [1.807, 2.05) is 0 Å². The van der Waals surface area contributed by atoms with Crippen molar-refractivity contribution in [3.63, 3.8) is 0 Å². The van der Waals surface area contributed by atoms with Gasteiger partial charge in [-0.2, -0.15) is 0 Å². The summed E-state index contributed by atoms with van der Waals surface area (Å²) in [6, 6.07) is 8.59. The summed E-state index contributed by atoms with van der Waals surface area (Å²) in [5.41, 5.74) is 7.32. The van der Waals surface area contributed by atoms with Crippen LogP contribution in [0.1, 0.15) is 24.1 Å². The number of halogens is 3. The zero-order valence-electron chi connectivity index (χ0n) is 10.9. The van der Waals surface area contributed by atoms with Crippen molar-refractivity contribution in [2.45, 2.75) is 19.6 Å². The summed E-state index contributed by atoms with van der Waals surface area (Å²) >= 11 is 3.11. The molecule has 2 aromatic carbocycles. The molecule has 0 aromatic heterocycles. The summed E-state index contributed by atoms with van der Waals surface area (Å²) in [6.07, 6.45) is 0. The van der Waals surface area contributed by atoms with Crippen LogP contribution in [-0.4, -0.2) is 0 Å². The molecule has 20 heavy (non-hydrogen) atoms. The lowest BCUT2D eigenvalue weighted by molar-refractivity contribution is 0.299. The number of hydrogen-bond acceptors (Lipinski definition) is 2. The van der Waals surface area contributed by atoms with Gasteiger partial charge in [-0.15, -0.1) is 0 Å². The lowest BCUT2D eigenvalue weighted by Gasteiger charge is -2.14. The summed E-state index contributed by atoms with van der Waals surface area (Å²) in [7, 11) is 0. The van der Waals surface area contributed by atoms with E-state index in [1.54, 1.807) is 25.1 Å². The number of rotatable bonds is 4. The zero-order valence-corrected chi connectivity index (χ0v) is 12.5. The van der Waals surface area contributed by atoms with Crippen molar-refractivity contribution in [2.24, 2.45) is 5.73 Å². The molecular weight excluding hydrogens is 328 g/mol. The van der Waals surface area contributed by atoms with Gasteiger partial charge >= 0.3 is 0 Å². The van der Waals surface area contributed by atoms with E-state index in [0.717, 1.165) is 11.1 Å². The maximum Gasteiger partial charge on any atom is 0.137 e. The molecule has 1 atom stereocenters. The van der Waals surface area contributed by atoms with Crippen molar-refractivity contribution in [3.05, 3.63) is 63.6 Å². The highest BCUT2D eigenvalue weighted by molar-refractivity contribution is 9.10. The van der Waals surface area contributed by atoms with Crippen LogP contribution in [-0.2, 0) is 6.61 Å². The highest BCUT2D eigenvalue weighted by Crippen LogP contribution is 2.26. The van der Waals surface area contributed by atoms with E-state index in [-0.39, 0.29) is 24.3 Å². The molecule has 0 aliphatic rings. The van der Waals surface area contributed by atoms with Crippen LogP contribution < -0.4 is 10.5 Å². The van der Waals surface area contributed by atoms with Crippen molar-refractivity contribution in [1.82, 2.24) is 0 Å². The number of hydrogen-bond donors (Lipinski definition) is 1. The van der Waals surface area contributed by atoms with Crippen LogP contribution >= 0.6 is 15.9 Å². The van der Waals surface area contributed by atoms with Crippen molar-refractivity contribution in [2.75, 3.05) is 0 Å². The van der Waals surface area contributed by atoms with E-state index in [9.17, 15) is 8.78 Å². The molecule has 0 heterocycles. The minimum absolute atomic E-state index is 0.210. The predicted molar refractivity (Wildman–Crippen MR) is 77.4 cm³/mol. The van der Waals surface area contributed by atoms with Crippen molar-refractivity contribution < 1.29 is 13.5 Å². The third-order valence-corrected chi connectivity index (χ3v) is 3.45. The second kappa shape index (κ2) is 6.33. The normalized spacial score (nSPS) is 12.2. The fraction of sp³-hybridized carbons (Fsp3) is 0.200. The average Bonchev–Trinajstić information content (AvgIpc) is 2.40. The van der Waals surface area contributed by atoms with E-state index in [1.165, 1.54) is 18.2 Å². The van der Waals surface area contributed by atoms with E-state index >= 15 is 0 Å². The predicted octanol–water partition coefficient (Wildman–Crippen LogP) is 4.33. The summed E-state index contributed by atoms with van der Waals surface area (Å²) in [5.74, 6) is -0.319. The maximum atomic E-state index is 13.3. The molecule has 0 bridgehead atoms. The first kappa shape index (κ1) is 14.9. The van der Waals surface area contributed by atoms with Crippen molar-refractivity contribution >= 4 is 15.9 Å². The Labute approximate surface area is 124 Å². The van der Waals surface area contributed by atoms with Crippen LogP contribution in [0, 0.1) is 11.6 Å². The fourth-order valence-corrected chi connectivity index (χ4v) is 2.23. The molecule has 2 N–H and O–H groups in total. The molecule has 2 rings (SSSR count). The molecule has 0 aliphatic heterocycles. The second-order valence-corrected chi connectivity index (χ2v) is 5.36. The SMILES string of the molecule is CC(N)c1ccc(F)cc1OCc1ccc(F)c(Br)c1. The molecule has 2 nitrogen and oxygen atoms in total. The quantitative estimate of drug-likeness (QED) is 0.898. The van der Waals surface area contributed by atoms with Gasteiger partial charge in [0.05, 0.1) is 4.47 Å². The van der Waals surface area contributed by atoms with Gasteiger partial charge in [-0.3, -0.25) is 0 Å². The van der Waals surface area contributed by atoms with Crippen LogP contribution in [0.2, 0.25) is 0 Å². The summed E-state index contributed by atoms with van der Waals surface area (Å²) in [5, 5.41) is 0. The van der Waals surface area contributed by atoms with Gasteiger partial charge in [0.25, 0.3) is 0 Å². The molecule has 0 spiro atoms. The van der Waals surface area contributed by atoms with Crippen molar-refractivity contribution in [1.29, 1.82) is 0 Å². The number of nitrogens with two attached hydrogens (primary N) is 1. The smallest absolute Gasteiger partial charge is 0.137 e. The lowest BCUT2D eigenvalue weighted by atomic mass is 10.1. The largest absolute Gasteiger partial charge is 0.488 e. The number of ether oxygens (including phenoxy) is 1. The van der Waals surface area contributed by atoms with Gasteiger partial charge in [-0.25, -0.2) is 8.78 Å². The molecule has 0 amide bonds. The highest BCUT2D eigenvalue weighted by Gasteiger charge is 2.10. The van der Waals surface area contributed by atoms with Gasteiger partial charge in [-0.05, 0) is 46.6 Å². The second-order valence-electron chi connectivity index (χ2n) is 4.51. The van der Waals surface area contributed by atoms with Crippen LogP contribution in [0.25, 0.3) is 0 Å². The summed E-state index contributed by atoms with van der Waals surface area (Å²) in [4.78, 5) is 0. The average molecular weight is 342 g/mol. The third-order valence-electron chi connectivity index (χ3n) is 2.84. The van der Waals surface area contributed by atoms with Crippen LogP contribution in [0.3, 0.4) is 0 Å². The number of benzene rings is 2. The standard InChI is InChI=1S/C15H14BrF2NO/c1-9(19)12-4-3-11(17)7-15(12)20-8-10-2-5-14(18)13(16)6-10/h2-7,9H,8,19H2,1H3. The Morgan fingerprint density at radius 1 is 1.20 bits per heavy atom. The molecule has 0 saturated heterocycles. The van der Waals surface area contributed by atoms with Crippen LogP contribution in [0.15, 0.2) is 40.9 Å². The topological polar surface area (TPSA) is 35.2 Å². The first-order valence-electron chi connectivity index (χ1n) is 6.09. The Morgan fingerprint density at radius 3 is 2.60 bits per heavy atom. The first-order chi connectivity index (χ1) is 9.47. The van der Waals surface area contributed by atoms with Crippen LogP contribution in [0.4, 0.5) is 8.78 Å². The minimum Gasteiger partial charge on any atom is -0.488 e. The Hall–Kier alpha value is -1.46. The molecule has 2 aromatic rings. The summed E-state index contributed by atoms with van der Waals surface area (Å²) in [6.45, 7) is 2.01. The van der Waals surface area contributed by atoms with Gasteiger partial charge in [0.2, 0.25) is 0 Å². The first-order valence-corrected chi connectivity index (χ1v) is 6.88. The van der Waals surface area contributed by atoms with Gasteiger partial charge < -0.3 is 10.5 Å². The van der Waals surface area contributed by atoms with Gasteiger partial charge in [0.1, 0.15) is 24.0 Å². The zero-order chi connectivity index (χ0) is 14.7. The summed E-state index contributed by atoms with van der Waals surface area (Å²) < 4.78 is 32.4. The molecule has 5 heteroatoms. The van der Waals surface area contributed by atoms with Gasteiger partial charge in [0.15, 0.2) is 0 Å². The molecular formula is C15H14BrF2NO. The monoisotopic (exact) mass is 341 g/mol. The van der Waals surface area contributed by atoms with E-state index in [4.69, 9.17) is 10.5 Å². The van der Waals surface area contributed by atoms with E-state index in [2.05, 4.69) is 15.9 Å². The fourth-order valence-electron chi connectivity index (χ4n) is 1.80. The molecule has 0 radical (unpaired) electrons. The Bertz CT molecular complexity index is 617. The van der Waals surface area contributed by atoms with E-state index < -0.39 is 0 Å². The lowest BCUT2D eigenvalue weighted by Crippen LogP contribution is -2.08. The molecule has 106 valence electrons. The van der Waals surface area contributed by atoms with E-state index in [0.29, 0.717) is 10.2 Å².